The van der Waals surface area contributed by atoms with Crippen LogP contribution in [-0.4, -0.2) is 30.0 Å². The molecule has 0 aliphatic heterocycles. The van der Waals surface area contributed by atoms with Crippen LogP contribution in [0.2, 0.25) is 0 Å². The van der Waals surface area contributed by atoms with Crippen molar-refractivity contribution in [2.75, 3.05) is 0 Å². The quantitative estimate of drug-likeness (QED) is 0.526. The average Bonchev–Trinajstić information content (AvgIpc) is 2.97. The number of aryl methyl sites for hydroxylation is 1. The summed E-state index contributed by atoms with van der Waals surface area (Å²) in [5.41, 5.74) is 0.902. The van der Waals surface area contributed by atoms with Gasteiger partial charge in [-0.25, -0.2) is 17.2 Å². The molecule has 0 unspecified atom stereocenters. The van der Waals surface area contributed by atoms with Crippen LogP contribution in [0.5, 0.6) is 5.75 Å². The molecule has 12 heteroatoms. The monoisotopic (exact) mass is 506 g/mol. The topological polar surface area (TPSA) is 97.6 Å². The number of hydrogen-bond acceptors (Lipinski definition) is 4. The number of nitrogens with zero attached hydrogens (tertiary/aromatic N) is 1. The molecule has 0 saturated carbocycles. The van der Waals surface area contributed by atoms with Gasteiger partial charge in [-0.05, 0) is 53.2 Å². The average molecular weight is 507 g/mol. The van der Waals surface area contributed by atoms with Crippen molar-refractivity contribution in [1.82, 2.24) is 9.29 Å². The molecule has 0 saturated heterocycles. The molecular formula is C18H14BrF3N2O5S. The summed E-state index contributed by atoms with van der Waals surface area (Å²) in [6.07, 6.45) is -6.33. The second-order valence-electron chi connectivity index (χ2n) is 6.27. The minimum absolute atomic E-state index is 0.0176. The van der Waals surface area contributed by atoms with Crippen LogP contribution in [0.1, 0.15) is 11.3 Å². The van der Waals surface area contributed by atoms with Crippen LogP contribution in [0.3, 0.4) is 0 Å². The SMILES string of the molecule is Cc1ccc(S(=O)(=O)n2c(CNC(=O)O)cc3cc(OC(F)(F)F)c(Br)cc32)cc1. The zero-order valence-corrected chi connectivity index (χ0v) is 17.6. The fourth-order valence-corrected chi connectivity index (χ4v) is 4.78. The highest BCUT2D eigenvalue weighted by Crippen LogP contribution is 2.36. The largest absolute Gasteiger partial charge is 0.573 e. The minimum atomic E-state index is -4.94. The van der Waals surface area contributed by atoms with E-state index in [-0.39, 0.29) is 32.5 Å². The van der Waals surface area contributed by atoms with Crippen molar-refractivity contribution in [2.45, 2.75) is 24.7 Å². The Labute approximate surface area is 177 Å². The fourth-order valence-electron chi connectivity index (χ4n) is 2.83. The number of fused-ring (bicyclic) bond motifs is 1. The van der Waals surface area contributed by atoms with Crippen molar-refractivity contribution in [1.29, 1.82) is 0 Å². The van der Waals surface area contributed by atoms with Crippen molar-refractivity contribution < 1.29 is 36.2 Å². The van der Waals surface area contributed by atoms with Gasteiger partial charge in [-0.1, -0.05) is 17.7 Å². The summed E-state index contributed by atoms with van der Waals surface area (Å²) in [4.78, 5) is 10.8. The molecule has 0 spiro atoms. The van der Waals surface area contributed by atoms with Crippen molar-refractivity contribution in [3.8, 4) is 5.75 Å². The Balaban J connectivity index is 2.24. The number of benzene rings is 2. The zero-order valence-electron chi connectivity index (χ0n) is 15.2. The number of rotatable bonds is 5. The Kier molecular flexibility index (Phi) is 5.74. The molecular weight excluding hydrogens is 493 g/mol. The van der Waals surface area contributed by atoms with E-state index in [9.17, 15) is 26.4 Å². The lowest BCUT2D eigenvalue weighted by Crippen LogP contribution is -2.24. The molecule has 0 bridgehead atoms. The maximum Gasteiger partial charge on any atom is 0.573 e. The third-order valence-electron chi connectivity index (χ3n) is 4.09. The van der Waals surface area contributed by atoms with E-state index in [0.29, 0.717) is 0 Å². The third kappa shape index (κ3) is 4.54. The van der Waals surface area contributed by atoms with Crippen LogP contribution >= 0.6 is 15.9 Å². The van der Waals surface area contributed by atoms with Gasteiger partial charge in [0.2, 0.25) is 0 Å². The van der Waals surface area contributed by atoms with Gasteiger partial charge >= 0.3 is 12.5 Å². The highest BCUT2D eigenvalue weighted by molar-refractivity contribution is 9.10. The maximum absolute atomic E-state index is 13.3. The maximum atomic E-state index is 13.3. The lowest BCUT2D eigenvalue weighted by atomic mass is 10.2. The van der Waals surface area contributed by atoms with Crippen LogP contribution < -0.4 is 10.1 Å². The van der Waals surface area contributed by atoms with E-state index >= 15 is 0 Å². The van der Waals surface area contributed by atoms with E-state index < -0.39 is 28.2 Å². The van der Waals surface area contributed by atoms with Crippen molar-refractivity contribution >= 4 is 42.9 Å². The molecule has 1 heterocycles. The van der Waals surface area contributed by atoms with Gasteiger partial charge < -0.3 is 15.2 Å². The van der Waals surface area contributed by atoms with Crippen LogP contribution in [0.15, 0.2) is 51.8 Å². The molecule has 0 atom stereocenters. The van der Waals surface area contributed by atoms with Crippen LogP contribution in [0.4, 0.5) is 18.0 Å². The first kappa shape index (κ1) is 22.0. The van der Waals surface area contributed by atoms with E-state index in [4.69, 9.17) is 5.11 Å². The van der Waals surface area contributed by atoms with E-state index in [0.717, 1.165) is 15.6 Å². The molecule has 7 nitrogen and oxygen atoms in total. The molecule has 0 aliphatic carbocycles. The molecule has 0 radical (unpaired) electrons. The number of amides is 1. The zero-order chi connectivity index (χ0) is 22.3. The smallest absolute Gasteiger partial charge is 0.465 e. The lowest BCUT2D eigenvalue weighted by molar-refractivity contribution is -0.274. The second kappa shape index (κ2) is 7.84. The molecule has 3 rings (SSSR count). The summed E-state index contributed by atoms with van der Waals surface area (Å²) in [6.45, 7) is 1.39. The Hall–Kier alpha value is -2.73. The van der Waals surface area contributed by atoms with Gasteiger partial charge in [0.05, 0.1) is 27.1 Å². The number of carboxylic acid groups (broad SMARTS) is 1. The van der Waals surface area contributed by atoms with Gasteiger partial charge in [-0.15, -0.1) is 13.2 Å². The van der Waals surface area contributed by atoms with E-state index in [2.05, 4.69) is 26.0 Å². The van der Waals surface area contributed by atoms with E-state index in [1.165, 1.54) is 24.3 Å². The van der Waals surface area contributed by atoms with Crippen LogP contribution in [0, 0.1) is 6.92 Å². The molecule has 3 aromatic rings. The number of nitrogens with one attached hydrogen (secondary N) is 1. The standard InChI is InChI=1S/C18H14BrF3N2O5S/c1-10-2-4-13(5-3-10)30(27,28)24-12(9-23-17(25)26)6-11-7-16(29-18(20,21)22)14(19)8-15(11)24/h2-8,23H,9H2,1H3,(H,25,26). The van der Waals surface area contributed by atoms with E-state index in [1.807, 2.05) is 0 Å². The molecule has 30 heavy (non-hydrogen) atoms. The van der Waals surface area contributed by atoms with Crippen LogP contribution in [0.25, 0.3) is 10.9 Å². The van der Waals surface area contributed by atoms with Gasteiger partial charge in [-0.3, -0.25) is 0 Å². The molecule has 2 N–H and O–H groups in total. The van der Waals surface area contributed by atoms with Gasteiger partial charge in [0.25, 0.3) is 10.0 Å². The molecule has 2 aromatic carbocycles. The highest BCUT2D eigenvalue weighted by atomic mass is 79.9. The summed E-state index contributed by atoms with van der Waals surface area (Å²) >= 11 is 2.97. The molecule has 1 aromatic heterocycles. The number of alkyl halides is 3. The lowest BCUT2D eigenvalue weighted by Gasteiger charge is -2.14. The number of hydrogen-bond donors (Lipinski definition) is 2. The molecule has 0 fully saturated rings. The van der Waals surface area contributed by atoms with Gasteiger partial charge in [-0.2, -0.15) is 0 Å². The first-order valence-corrected chi connectivity index (χ1v) is 10.5. The predicted octanol–water partition coefficient (Wildman–Crippen LogP) is 4.62. The van der Waals surface area contributed by atoms with Gasteiger partial charge in [0.1, 0.15) is 5.75 Å². The molecule has 160 valence electrons. The van der Waals surface area contributed by atoms with Crippen molar-refractivity contribution in [2.24, 2.45) is 0 Å². The Morgan fingerprint density at radius 2 is 1.83 bits per heavy atom. The molecule has 1 amide bonds. The first-order valence-electron chi connectivity index (χ1n) is 8.27. The second-order valence-corrected chi connectivity index (χ2v) is 8.91. The summed E-state index contributed by atoms with van der Waals surface area (Å²) in [5.74, 6) is -0.558. The number of aromatic nitrogens is 1. The van der Waals surface area contributed by atoms with E-state index in [1.54, 1.807) is 19.1 Å². The van der Waals surface area contributed by atoms with Crippen LogP contribution in [-0.2, 0) is 16.6 Å². The third-order valence-corrected chi connectivity index (χ3v) is 6.49. The summed E-state index contributed by atoms with van der Waals surface area (Å²) in [7, 11) is -4.18. The fraction of sp³-hybridized carbons (Fsp3) is 0.167. The highest BCUT2D eigenvalue weighted by Gasteiger charge is 2.33. The Morgan fingerprint density at radius 1 is 1.20 bits per heavy atom. The predicted molar refractivity (Wildman–Crippen MR) is 105 cm³/mol. The van der Waals surface area contributed by atoms with Crippen molar-refractivity contribution in [3.05, 3.63) is 58.2 Å². The minimum Gasteiger partial charge on any atom is -0.465 e. The Morgan fingerprint density at radius 3 is 2.40 bits per heavy atom. The van der Waals surface area contributed by atoms with Gasteiger partial charge in [0.15, 0.2) is 0 Å². The summed E-state index contributed by atoms with van der Waals surface area (Å²) in [5, 5.41) is 11.1. The molecule has 0 aliphatic rings. The van der Waals surface area contributed by atoms with Crippen molar-refractivity contribution in [3.63, 3.8) is 0 Å². The number of halogens is 4. The number of carbonyl (C=O) groups is 1. The summed E-state index contributed by atoms with van der Waals surface area (Å²) < 4.78 is 69.2. The Bertz CT molecular complexity index is 1220. The number of ether oxygens (including phenoxy) is 1. The normalized spacial score (nSPS) is 12.2. The first-order chi connectivity index (χ1) is 13.9. The summed E-state index contributed by atoms with van der Waals surface area (Å²) in [6, 6.07) is 9.46. The van der Waals surface area contributed by atoms with Gasteiger partial charge in [0, 0.05) is 5.39 Å².